The Morgan fingerprint density at radius 2 is 2.10 bits per heavy atom. The number of likely N-dealkylation sites (tertiary alicyclic amines) is 1. The van der Waals surface area contributed by atoms with Crippen LogP contribution in [-0.2, 0) is 21.5 Å². The highest BCUT2D eigenvalue weighted by atomic mass is 16.5. The van der Waals surface area contributed by atoms with Gasteiger partial charge in [-0.15, -0.1) is 0 Å². The van der Waals surface area contributed by atoms with E-state index in [4.69, 9.17) is 10.5 Å². The van der Waals surface area contributed by atoms with Crippen molar-refractivity contribution in [2.75, 3.05) is 26.7 Å². The monoisotopic (exact) mass is 288 g/mol. The number of hydrogen-bond acceptors (Lipinski definition) is 4. The smallest absolute Gasteiger partial charge is 0.330 e. The number of carbonyl (C=O) groups excluding carboxylic acids is 1. The summed E-state index contributed by atoms with van der Waals surface area (Å²) < 4.78 is 5.58. The second-order valence-corrected chi connectivity index (χ2v) is 6.47. The molecule has 1 atom stereocenters. The molecule has 0 spiro atoms. The molecule has 21 heavy (non-hydrogen) atoms. The Balaban J connectivity index is 1.61. The number of fused-ring (bicyclic) bond motifs is 1. The maximum absolute atomic E-state index is 12.5. The minimum Gasteiger partial charge on any atom is -0.464 e. The molecule has 3 rings (SSSR count). The van der Waals surface area contributed by atoms with Gasteiger partial charge in [0, 0.05) is 0 Å². The molecule has 0 bridgehead atoms. The van der Waals surface area contributed by atoms with E-state index in [2.05, 4.69) is 11.9 Å². The Hall–Kier alpha value is -1.39. The number of ether oxygens (including phenoxy) is 1. The third-order valence-corrected chi connectivity index (χ3v) is 4.94. The van der Waals surface area contributed by atoms with Crippen LogP contribution < -0.4 is 5.73 Å². The molecule has 1 unspecified atom stereocenters. The van der Waals surface area contributed by atoms with Gasteiger partial charge in [0.15, 0.2) is 0 Å². The van der Waals surface area contributed by atoms with Gasteiger partial charge < -0.3 is 15.4 Å². The van der Waals surface area contributed by atoms with Crippen molar-refractivity contribution in [3.05, 3.63) is 35.4 Å². The SMILES string of the molecule is CN1CCC(COC(=O)C2(N)CCc3ccccc32)CC1. The first-order chi connectivity index (χ1) is 10.1. The van der Waals surface area contributed by atoms with Crippen LogP contribution in [0, 0.1) is 5.92 Å². The van der Waals surface area contributed by atoms with Crippen LogP contribution in [0.2, 0.25) is 0 Å². The van der Waals surface area contributed by atoms with E-state index in [1.165, 1.54) is 5.56 Å². The highest BCUT2D eigenvalue weighted by Crippen LogP contribution is 2.35. The molecular formula is C17H24N2O2. The van der Waals surface area contributed by atoms with Crippen LogP contribution in [0.5, 0.6) is 0 Å². The summed E-state index contributed by atoms with van der Waals surface area (Å²) in [6.07, 6.45) is 3.70. The maximum atomic E-state index is 12.5. The zero-order valence-electron chi connectivity index (χ0n) is 12.7. The molecule has 1 heterocycles. The summed E-state index contributed by atoms with van der Waals surface area (Å²) in [5, 5.41) is 0. The van der Waals surface area contributed by atoms with Crippen LogP contribution in [0.1, 0.15) is 30.4 Å². The van der Waals surface area contributed by atoms with Gasteiger partial charge in [0.05, 0.1) is 6.61 Å². The molecule has 4 nitrogen and oxygen atoms in total. The first-order valence-electron chi connectivity index (χ1n) is 7.82. The summed E-state index contributed by atoms with van der Waals surface area (Å²) in [4.78, 5) is 14.8. The molecular weight excluding hydrogens is 264 g/mol. The minimum atomic E-state index is -0.942. The number of benzene rings is 1. The summed E-state index contributed by atoms with van der Waals surface area (Å²) in [5.41, 5.74) is 7.55. The molecule has 0 radical (unpaired) electrons. The van der Waals surface area contributed by atoms with Crippen LogP contribution >= 0.6 is 0 Å². The van der Waals surface area contributed by atoms with Gasteiger partial charge in [-0.05, 0) is 62.9 Å². The number of esters is 1. The highest BCUT2D eigenvalue weighted by Gasteiger charge is 2.43. The van der Waals surface area contributed by atoms with Crippen molar-refractivity contribution in [1.82, 2.24) is 4.90 Å². The number of rotatable bonds is 3. The number of piperidine rings is 1. The van der Waals surface area contributed by atoms with Crippen molar-refractivity contribution in [3.8, 4) is 0 Å². The van der Waals surface area contributed by atoms with Crippen molar-refractivity contribution in [3.63, 3.8) is 0 Å². The molecule has 1 saturated heterocycles. The van der Waals surface area contributed by atoms with Crippen LogP contribution in [-0.4, -0.2) is 37.6 Å². The van der Waals surface area contributed by atoms with E-state index in [-0.39, 0.29) is 5.97 Å². The average Bonchev–Trinajstić information content (AvgIpc) is 2.86. The molecule has 2 aliphatic rings. The third kappa shape index (κ3) is 2.83. The fourth-order valence-electron chi connectivity index (χ4n) is 3.40. The van der Waals surface area contributed by atoms with E-state index in [0.717, 1.165) is 37.9 Å². The largest absolute Gasteiger partial charge is 0.464 e. The lowest BCUT2D eigenvalue weighted by Crippen LogP contribution is -2.45. The molecule has 2 N–H and O–H groups in total. The Kier molecular flexibility index (Phi) is 4.00. The van der Waals surface area contributed by atoms with Crippen LogP contribution in [0.15, 0.2) is 24.3 Å². The van der Waals surface area contributed by atoms with Gasteiger partial charge in [0.2, 0.25) is 0 Å². The summed E-state index contributed by atoms with van der Waals surface area (Å²) in [6.45, 7) is 2.67. The molecule has 1 aromatic carbocycles. The summed E-state index contributed by atoms with van der Waals surface area (Å²) in [7, 11) is 2.13. The van der Waals surface area contributed by atoms with Crippen LogP contribution in [0.4, 0.5) is 0 Å². The second kappa shape index (κ2) is 5.78. The van der Waals surface area contributed by atoms with E-state index in [1.807, 2.05) is 24.3 Å². The normalized spacial score (nSPS) is 26.6. The average molecular weight is 288 g/mol. The summed E-state index contributed by atoms with van der Waals surface area (Å²) in [5.74, 6) is 0.219. The second-order valence-electron chi connectivity index (χ2n) is 6.47. The molecule has 1 aliphatic heterocycles. The number of nitrogens with two attached hydrogens (primary N) is 1. The topological polar surface area (TPSA) is 55.6 Å². The summed E-state index contributed by atoms with van der Waals surface area (Å²) in [6, 6.07) is 7.94. The molecule has 114 valence electrons. The fourth-order valence-corrected chi connectivity index (χ4v) is 3.40. The molecule has 4 heteroatoms. The first kappa shape index (κ1) is 14.5. The molecule has 1 aromatic rings. The van der Waals surface area contributed by atoms with Crippen molar-refractivity contribution in [2.24, 2.45) is 11.7 Å². The van der Waals surface area contributed by atoms with Gasteiger partial charge in [0.1, 0.15) is 5.54 Å². The maximum Gasteiger partial charge on any atom is 0.330 e. The van der Waals surface area contributed by atoms with Crippen molar-refractivity contribution >= 4 is 5.97 Å². The number of hydrogen-bond donors (Lipinski definition) is 1. The van der Waals surface area contributed by atoms with E-state index in [9.17, 15) is 4.79 Å². The first-order valence-corrected chi connectivity index (χ1v) is 7.82. The van der Waals surface area contributed by atoms with Gasteiger partial charge >= 0.3 is 5.97 Å². The van der Waals surface area contributed by atoms with Crippen LogP contribution in [0.25, 0.3) is 0 Å². The van der Waals surface area contributed by atoms with E-state index in [0.29, 0.717) is 18.9 Å². The summed E-state index contributed by atoms with van der Waals surface area (Å²) >= 11 is 0. The Morgan fingerprint density at radius 3 is 2.86 bits per heavy atom. The standard InChI is InChI=1S/C17H24N2O2/c1-19-10-7-13(8-11-19)12-21-16(20)17(18)9-6-14-4-2-3-5-15(14)17/h2-5,13H,6-12,18H2,1H3. The molecule has 0 amide bonds. The van der Waals surface area contributed by atoms with Gasteiger partial charge in [-0.2, -0.15) is 0 Å². The molecule has 0 saturated carbocycles. The fraction of sp³-hybridized carbons (Fsp3) is 0.588. The lowest BCUT2D eigenvalue weighted by Gasteiger charge is -2.30. The Labute approximate surface area is 126 Å². The van der Waals surface area contributed by atoms with Gasteiger partial charge in [0.25, 0.3) is 0 Å². The molecule has 0 aromatic heterocycles. The zero-order chi connectivity index (χ0) is 14.9. The van der Waals surface area contributed by atoms with Gasteiger partial charge in [-0.1, -0.05) is 24.3 Å². The number of nitrogens with zero attached hydrogens (tertiary/aromatic N) is 1. The van der Waals surface area contributed by atoms with Crippen LogP contribution in [0.3, 0.4) is 0 Å². The number of carbonyl (C=O) groups is 1. The van der Waals surface area contributed by atoms with E-state index < -0.39 is 5.54 Å². The Morgan fingerprint density at radius 1 is 1.38 bits per heavy atom. The Bertz CT molecular complexity index is 523. The quantitative estimate of drug-likeness (QED) is 0.860. The predicted octanol–water partition coefficient (Wildman–Crippen LogP) is 1.67. The van der Waals surface area contributed by atoms with E-state index >= 15 is 0 Å². The van der Waals surface area contributed by atoms with Gasteiger partial charge in [-0.3, -0.25) is 0 Å². The molecule has 1 fully saturated rings. The number of aryl methyl sites for hydroxylation is 1. The zero-order valence-corrected chi connectivity index (χ0v) is 12.7. The predicted molar refractivity (Wildman–Crippen MR) is 81.8 cm³/mol. The third-order valence-electron chi connectivity index (χ3n) is 4.94. The molecule has 1 aliphatic carbocycles. The van der Waals surface area contributed by atoms with Crippen molar-refractivity contribution in [1.29, 1.82) is 0 Å². The highest BCUT2D eigenvalue weighted by molar-refractivity contribution is 5.84. The van der Waals surface area contributed by atoms with Crippen molar-refractivity contribution < 1.29 is 9.53 Å². The minimum absolute atomic E-state index is 0.258. The lowest BCUT2D eigenvalue weighted by molar-refractivity contribution is -0.152. The van der Waals surface area contributed by atoms with Crippen molar-refractivity contribution in [2.45, 2.75) is 31.2 Å². The lowest BCUT2D eigenvalue weighted by atomic mass is 9.93. The van der Waals surface area contributed by atoms with Gasteiger partial charge in [-0.25, -0.2) is 4.79 Å². The van der Waals surface area contributed by atoms with E-state index in [1.54, 1.807) is 0 Å².